The van der Waals surface area contributed by atoms with E-state index in [-0.39, 0.29) is 18.2 Å². The maximum atomic E-state index is 12.7. The lowest BCUT2D eigenvalue weighted by Crippen LogP contribution is -2.34. The SMILES string of the molecule is CCOC(=O)c1c(N)c(C2CCC3(CC2)OCCO3)nn1-c1ccc(CN)cc1. The number of nitrogens with two attached hydrogens (primary N) is 2. The van der Waals surface area contributed by atoms with E-state index in [0.717, 1.165) is 42.6 Å². The molecule has 0 amide bonds. The van der Waals surface area contributed by atoms with E-state index in [2.05, 4.69) is 0 Å². The number of aromatic nitrogens is 2. The van der Waals surface area contributed by atoms with Gasteiger partial charge in [0.15, 0.2) is 11.5 Å². The molecule has 4 rings (SSSR count). The molecule has 0 atom stereocenters. The van der Waals surface area contributed by atoms with Crippen molar-refractivity contribution in [2.75, 3.05) is 25.6 Å². The van der Waals surface area contributed by atoms with Crippen LogP contribution < -0.4 is 11.5 Å². The Kier molecular flexibility index (Phi) is 5.58. The molecule has 1 aliphatic carbocycles. The van der Waals surface area contributed by atoms with Gasteiger partial charge in [0.25, 0.3) is 0 Å². The molecular formula is C21H28N4O4. The number of carbonyl (C=O) groups is 1. The van der Waals surface area contributed by atoms with Gasteiger partial charge in [-0.15, -0.1) is 0 Å². The first-order valence-electron chi connectivity index (χ1n) is 10.2. The number of benzene rings is 1. The Balaban J connectivity index is 1.66. The Hall–Kier alpha value is -2.42. The molecule has 8 heteroatoms. The van der Waals surface area contributed by atoms with E-state index < -0.39 is 11.8 Å². The zero-order valence-corrected chi connectivity index (χ0v) is 16.7. The molecule has 4 N–H and O–H groups in total. The van der Waals surface area contributed by atoms with Crippen molar-refractivity contribution in [1.29, 1.82) is 0 Å². The first-order valence-corrected chi connectivity index (χ1v) is 10.2. The minimum absolute atomic E-state index is 0.145. The predicted molar refractivity (Wildman–Crippen MR) is 108 cm³/mol. The highest BCUT2D eigenvalue weighted by atomic mass is 16.7. The van der Waals surface area contributed by atoms with Crippen molar-refractivity contribution >= 4 is 11.7 Å². The van der Waals surface area contributed by atoms with Crippen LogP contribution in [-0.2, 0) is 20.8 Å². The number of nitrogen functional groups attached to an aromatic ring is 1. The maximum absolute atomic E-state index is 12.7. The van der Waals surface area contributed by atoms with Gasteiger partial charge in [-0.2, -0.15) is 5.10 Å². The molecule has 0 unspecified atom stereocenters. The van der Waals surface area contributed by atoms with Gasteiger partial charge in [0.2, 0.25) is 0 Å². The van der Waals surface area contributed by atoms with Gasteiger partial charge in [-0.25, -0.2) is 9.48 Å². The third kappa shape index (κ3) is 3.75. The van der Waals surface area contributed by atoms with E-state index in [9.17, 15) is 4.79 Å². The second-order valence-corrected chi connectivity index (χ2v) is 7.53. The Labute approximate surface area is 170 Å². The van der Waals surface area contributed by atoms with Crippen molar-refractivity contribution < 1.29 is 19.0 Å². The van der Waals surface area contributed by atoms with Crippen molar-refractivity contribution in [2.24, 2.45) is 5.73 Å². The molecule has 1 spiro atoms. The summed E-state index contributed by atoms with van der Waals surface area (Å²) in [5.74, 6) is -0.775. The standard InChI is InChI=1S/C21H28N4O4/c1-2-27-20(26)19-17(23)18(15-7-9-21(10-8-15)28-11-12-29-21)24-25(19)16-5-3-14(13-22)4-6-16/h3-6,15H,2,7-13,22-23H2,1H3. The van der Waals surface area contributed by atoms with Crippen LogP contribution in [0.15, 0.2) is 24.3 Å². The van der Waals surface area contributed by atoms with E-state index in [0.29, 0.717) is 25.4 Å². The third-order valence-corrected chi connectivity index (χ3v) is 5.78. The zero-order valence-electron chi connectivity index (χ0n) is 16.7. The molecule has 1 aliphatic heterocycles. The van der Waals surface area contributed by atoms with Gasteiger partial charge in [-0.1, -0.05) is 12.1 Å². The second kappa shape index (κ2) is 8.14. The molecule has 2 aromatic rings. The summed E-state index contributed by atoms with van der Waals surface area (Å²) in [5, 5.41) is 4.76. The van der Waals surface area contributed by atoms with Gasteiger partial charge in [0, 0.05) is 25.3 Å². The van der Waals surface area contributed by atoms with E-state index in [1.54, 1.807) is 11.6 Å². The average Bonchev–Trinajstić information content (AvgIpc) is 3.34. The van der Waals surface area contributed by atoms with Crippen LogP contribution in [-0.4, -0.2) is 41.4 Å². The van der Waals surface area contributed by atoms with Crippen LogP contribution in [0.4, 0.5) is 5.69 Å². The molecule has 2 aliphatic rings. The summed E-state index contributed by atoms with van der Waals surface area (Å²) in [4.78, 5) is 12.7. The highest BCUT2D eigenvalue weighted by Crippen LogP contribution is 2.44. The topological polar surface area (TPSA) is 115 Å². The normalized spacial score (nSPS) is 19.0. The fourth-order valence-electron chi connectivity index (χ4n) is 4.22. The van der Waals surface area contributed by atoms with Crippen LogP contribution in [0.5, 0.6) is 0 Å². The van der Waals surface area contributed by atoms with Gasteiger partial charge < -0.3 is 25.7 Å². The first kappa shape index (κ1) is 19.9. The van der Waals surface area contributed by atoms with Crippen LogP contribution in [0.3, 0.4) is 0 Å². The number of anilines is 1. The zero-order chi connectivity index (χ0) is 20.4. The lowest BCUT2D eigenvalue weighted by Gasteiger charge is -2.34. The van der Waals surface area contributed by atoms with E-state index in [1.165, 1.54) is 0 Å². The molecule has 2 fully saturated rings. The van der Waals surface area contributed by atoms with Crippen LogP contribution in [0.1, 0.15) is 60.3 Å². The Morgan fingerprint density at radius 1 is 1.24 bits per heavy atom. The minimum atomic E-state index is -0.471. The van der Waals surface area contributed by atoms with Crippen molar-refractivity contribution in [3.63, 3.8) is 0 Å². The van der Waals surface area contributed by atoms with Crippen LogP contribution in [0.25, 0.3) is 5.69 Å². The second-order valence-electron chi connectivity index (χ2n) is 7.53. The Morgan fingerprint density at radius 3 is 2.48 bits per heavy atom. The molecule has 1 saturated heterocycles. The summed E-state index contributed by atoms with van der Waals surface area (Å²) in [6.45, 7) is 3.78. The van der Waals surface area contributed by atoms with Crippen molar-refractivity contribution in [2.45, 2.75) is 50.9 Å². The summed E-state index contributed by atoms with van der Waals surface area (Å²) in [7, 11) is 0. The molecular weight excluding hydrogens is 372 g/mol. The number of ether oxygens (including phenoxy) is 3. The number of nitrogens with zero attached hydrogens (tertiary/aromatic N) is 2. The molecule has 1 aromatic heterocycles. The highest BCUT2D eigenvalue weighted by molar-refractivity contribution is 5.94. The van der Waals surface area contributed by atoms with Crippen molar-refractivity contribution in [3.8, 4) is 5.69 Å². The van der Waals surface area contributed by atoms with Crippen LogP contribution in [0, 0.1) is 0 Å². The molecule has 1 saturated carbocycles. The van der Waals surface area contributed by atoms with Crippen molar-refractivity contribution in [1.82, 2.24) is 9.78 Å². The number of carbonyl (C=O) groups excluding carboxylic acids is 1. The first-order chi connectivity index (χ1) is 14.1. The summed E-state index contributed by atoms with van der Waals surface area (Å²) >= 11 is 0. The summed E-state index contributed by atoms with van der Waals surface area (Å²) in [6.07, 6.45) is 3.28. The molecule has 8 nitrogen and oxygen atoms in total. The number of rotatable bonds is 5. The monoisotopic (exact) mass is 400 g/mol. The van der Waals surface area contributed by atoms with Gasteiger partial charge >= 0.3 is 5.97 Å². The molecule has 0 radical (unpaired) electrons. The van der Waals surface area contributed by atoms with Gasteiger partial charge in [0.05, 0.1) is 36.9 Å². The number of esters is 1. The van der Waals surface area contributed by atoms with Gasteiger partial charge in [0.1, 0.15) is 0 Å². The minimum Gasteiger partial charge on any atom is -0.461 e. The van der Waals surface area contributed by atoms with E-state index >= 15 is 0 Å². The Morgan fingerprint density at radius 2 is 1.90 bits per heavy atom. The molecule has 1 aromatic carbocycles. The quantitative estimate of drug-likeness (QED) is 0.741. The predicted octanol–water partition coefficient (Wildman–Crippen LogP) is 2.49. The molecule has 29 heavy (non-hydrogen) atoms. The Bertz CT molecular complexity index is 862. The third-order valence-electron chi connectivity index (χ3n) is 5.78. The lowest BCUT2D eigenvalue weighted by atomic mass is 9.83. The summed E-state index contributed by atoms with van der Waals surface area (Å²) in [6, 6.07) is 7.61. The molecule has 156 valence electrons. The number of hydrogen-bond donors (Lipinski definition) is 2. The summed E-state index contributed by atoms with van der Waals surface area (Å²) in [5.41, 5.74) is 15.3. The van der Waals surface area contributed by atoms with Crippen LogP contribution in [0.2, 0.25) is 0 Å². The largest absolute Gasteiger partial charge is 0.461 e. The van der Waals surface area contributed by atoms with E-state index in [1.807, 2.05) is 24.3 Å². The van der Waals surface area contributed by atoms with Gasteiger partial charge in [-0.05, 0) is 37.5 Å². The molecule has 2 heterocycles. The van der Waals surface area contributed by atoms with Crippen LogP contribution >= 0.6 is 0 Å². The molecule has 0 bridgehead atoms. The van der Waals surface area contributed by atoms with E-state index in [4.69, 9.17) is 30.8 Å². The van der Waals surface area contributed by atoms with Crippen molar-refractivity contribution in [3.05, 3.63) is 41.2 Å². The fraction of sp³-hybridized carbons (Fsp3) is 0.524. The average molecular weight is 400 g/mol. The fourth-order valence-corrected chi connectivity index (χ4v) is 4.22. The maximum Gasteiger partial charge on any atom is 0.359 e. The number of hydrogen-bond acceptors (Lipinski definition) is 7. The lowest BCUT2D eigenvalue weighted by molar-refractivity contribution is -0.178. The smallest absolute Gasteiger partial charge is 0.359 e. The van der Waals surface area contributed by atoms with Gasteiger partial charge in [-0.3, -0.25) is 0 Å². The summed E-state index contributed by atoms with van der Waals surface area (Å²) < 4.78 is 18.5. The highest BCUT2D eigenvalue weighted by Gasteiger charge is 2.42.